The number of alkyl halides is 3. The fraction of sp³-hybridized carbons (Fsp3) is 0.214. The van der Waals surface area contributed by atoms with E-state index in [1.54, 1.807) is 12.2 Å². The van der Waals surface area contributed by atoms with E-state index in [9.17, 15) is 18.0 Å². The molecule has 0 amide bonds. The number of ketones is 1. The van der Waals surface area contributed by atoms with E-state index in [0.717, 1.165) is 0 Å². The average Bonchev–Trinajstić information content (AvgIpc) is 2.95. The summed E-state index contributed by atoms with van der Waals surface area (Å²) in [5, 5.41) is 3.27. The molecule has 0 radical (unpaired) electrons. The second-order valence-electron chi connectivity index (χ2n) is 4.19. The Morgan fingerprint density at radius 3 is 2.48 bits per heavy atom. The maximum absolute atomic E-state index is 12.4. The molecule has 1 aromatic carbocycles. The quantitative estimate of drug-likeness (QED) is 0.634. The van der Waals surface area contributed by atoms with Gasteiger partial charge in [0.2, 0.25) is 5.82 Å². The molecule has 2 rings (SSSR count). The fourth-order valence-corrected chi connectivity index (χ4v) is 1.60. The summed E-state index contributed by atoms with van der Waals surface area (Å²) < 4.78 is 41.2. The smallest absolute Gasteiger partial charge is 0.329 e. The summed E-state index contributed by atoms with van der Waals surface area (Å²) in [6.07, 6.45) is -0.904. The SMILES string of the molecule is C/C=C/CC(=O)c1ccc(-c2noc(C(F)(F)F)n2)cc1. The Labute approximate surface area is 118 Å². The van der Waals surface area contributed by atoms with Crippen molar-refractivity contribution in [2.24, 2.45) is 0 Å². The van der Waals surface area contributed by atoms with Crippen molar-refractivity contribution in [3.8, 4) is 11.4 Å². The standard InChI is InChI=1S/C14H11F3N2O2/c1-2-3-4-11(20)9-5-7-10(8-6-9)12-18-13(21-19-12)14(15,16)17/h2-3,5-8H,4H2,1H3/b3-2+. The first-order chi connectivity index (χ1) is 9.91. The van der Waals surface area contributed by atoms with E-state index in [1.165, 1.54) is 24.3 Å². The van der Waals surface area contributed by atoms with Crippen LogP contribution in [-0.2, 0) is 6.18 Å². The largest absolute Gasteiger partial charge is 0.471 e. The highest BCUT2D eigenvalue weighted by atomic mass is 19.4. The van der Waals surface area contributed by atoms with Gasteiger partial charge >= 0.3 is 12.1 Å². The van der Waals surface area contributed by atoms with Gasteiger partial charge in [0.15, 0.2) is 5.78 Å². The highest BCUT2D eigenvalue weighted by molar-refractivity contribution is 5.97. The number of hydrogen-bond donors (Lipinski definition) is 0. The van der Waals surface area contributed by atoms with Crippen LogP contribution in [0.5, 0.6) is 0 Å². The molecule has 0 spiro atoms. The van der Waals surface area contributed by atoms with Gasteiger partial charge in [0, 0.05) is 17.5 Å². The van der Waals surface area contributed by atoms with Crippen LogP contribution >= 0.6 is 0 Å². The molecule has 0 atom stereocenters. The minimum Gasteiger partial charge on any atom is -0.329 e. The van der Waals surface area contributed by atoms with Gasteiger partial charge in [-0.2, -0.15) is 18.2 Å². The maximum Gasteiger partial charge on any atom is 0.471 e. The molecular formula is C14H11F3N2O2. The summed E-state index contributed by atoms with van der Waals surface area (Å²) in [5.41, 5.74) is 0.813. The first-order valence-corrected chi connectivity index (χ1v) is 6.07. The van der Waals surface area contributed by atoms with E-state index in [4.69, 9.17) is 0 Å². The van der Waals surface area contributed by atoms with Crippen molar-refractivity contribution in [3.63, 3.8) is 0 Å². The minimum atomic E-state index is -4.67. The molecule has 0 aliphatic rings. The van der Waals surface area contributed by atoms with Crippen molar-refractivity contribution in [2.45, 2.75) is 19.5 Å². The molecule has 0 unspecified atom stereocenters. The van der Waals surface area contributed by atoms with Gasteiger partial charge in [0.25, 0.3) is 0 Å². The summed E-state index contributed by atoms with van der Waals surface area (Å²) in [6, 6.07) is 6.00. The lowest BCUT2D eigenvalue weighted by Crippen LogP contribution is -2.04. The Hall–Kier alpha value is -2.44. The maximum atomic E-state index is 12.4. The third kappa shape index (κ3) is 3.56. The molecule has 1 heterocycles. The van der Waals surface area contributed by atoms with Crippen LogP contribution in [0.15, 0.2) is 40.9 Å². The first-order valence-electron chi connectivity index (χ1n) is 6.07. The molecule has 7 heteroatoms. The van der Waals surface area contributed by atoms with E-state index in [2.05, 4.69) is 14.7 Å². The molecule has 0 saturated heterocycles. The number of halogens is 3. The Morgan fingerprint density at radius 2 is 1.95 bits per heavy atom. The van der Waals surface area contributed by atoms with Crippen molar-refractivity contribution in [1.82, 2.24) is 10.1 Å². The summed E-state index contributed by atoms with van der Waals surface area (Å²) in [7, 11) is 0. The molecule has 21 heavy (non-hydrogen) atoms. The van der Waals surface area contributed by atoms with E-state index in [-0.39, 0.29) is 18.0 Å². The van der Waals surface area contributed by atoms with Gasteiger partial charge < -0.3 is 4.52 Å². The van der Waals surface area contributed by atoms with Gasteiger partial charge in [-0.25, -0.2) is 0 Å². The Morgan fingerprint density at radius 1 is 1.29 bits per heavy atom. The third-order valence-electron chi connectivity index (χ3n) is 2.67. The number of carbonyl (C=O) groups excluding carboxylic acids is 1. The number of Topliss-reactive ketones (excluding diaryl/α,β-unsaturated/α-hetero) is 1. The van der Waals surface area contributed by atoms with Crippen LogP contribution < -0.4 is 0 Å². The molecule has 1 aromatic heterocycles. The van der Waals surface area contributed by atoms with Gasteiger partial charge in [-0.05, 0) is 6.92 Å². The van der Waals surface area contributed by atoms with Gasteiger partial charge in [-0.1, -0.05) is 41.6 Å². The summed E-state index contributed by atoms with van der Waals surface area (Å²) in [4.78, 5) is 15.0. The molecule has 0 fully saturated rings. The molecule has 0 aliphatic carbocycles. The number of carbonyl (C=O) groups is 1. The minimum absolute atomic E-state index is 0.0799. The van der Waals surface area contributed by atoms with Crippen LogP contribution in [-0.4, -0.2) is 15.9 Å². The Balaban J connectivity index is 2.19. The van der Waals surface area contributed by atoms with Gasteiger partial charge in [-0.15, -0.1) is 0 Å². The number of nitrogens with zero attached hydrogens (tertiary/aromatic N) is 2. The van der Waals surface area contributed by atoms with Crippen molar-refractivity contribution in [2.75, 3.05) is 0 Å². The predicted octanol–water partition coefficient (Wildman–Crippen LogP) is 3.90. The number of rotatable bonds is 4. The number of aromatic nitrogens is 2. The van der Waals surface area contributed by atoms with Crippen LogP contribution in [0.2, 0.25) is 0 Å². The summed E-state index contributed by atoms with van der Waals surface area (Å²) in [5.74, 6) is -1.65. The molecular weight excluding hydrogens is 285 g/mol. The van der Waals surface area contributed by atoms with Crippen LogP contribution in [0.3, 0.4) is 0 Å². The lowest BCUT2D eigenvalue weighted by atomic mass is 10.1. The fourth-order valence-electron chi connectivity index (χ4n) is 1.60. The molecule has 4 nitrogen and oxygen atoms in total. The summed E-state index contributed by atoms with van der Waals surface area (Å²) >= 11 is 0. The van der Waals surface area contributed by atoms with Crippen LogP contribution in [0.4, 0.5) is 13.2 Å². The molecule has 110 valence electrons. The van der Waals surface area contributed by atoms with Gasteiger partial charge in [0.1, 0.15) is 0 Å². The van der Waals surface area contributed by atoms with Crippen molar-refractivity contribution >= 4 is 5.78 Å². The molecule has 0 N–H and O–H groups in total. The average molecular weight is 296 g/mol. The topological polar surface area (TPSA) is 56.0 Å². The first kappa shape index (κ1) is 15.0. The number of hydrogen-bond acceptors (Lipinski definition) is 4. The van der Waals surface area contributed by atoms with Crippen molar-refractivity contribution in [1.29, 1.82) is 0 Å². The Kier molecular flexibility index (Phi) is 4.21. The lowest BCUT2D eigenvalue weighted by molar-refractivity contribution is -0.159. The predicted molar refractivity (Wildman–Crippen MR) is 68.5 cm³/mol. The molecule has 0 bridgehead atoms. The molecule has 0 saturated carbocycles. The number of benzene rings is 1. The monoisotopic (exact) mass is 296 g/mol. The lowest BCUT2D eigenvalue weighted by Gasteiger charge is -1.99. The van der Waals surface area contributed by atoms with Crippen molar-refractivity contribution < 1.29 is 22.5 Å². The van der Waals surface area contributed by atoms with Gasteiger partial charge in [0.05, 0.1) is 0 Å². The Bertz CT molecular complexity index is 658. The van der Waals surface area contributed by atoms with Crippen LogP contribution in [0.25, 0.3) is 11.4 Å². The highest BCUT2D eigenvalue weighted by Crippen LogP contribution is 2.29. The second-order valence-corrected chi connectivity index (χ2v) is 4.19. The van der Waals surface area contributed by atoms with E-state index < -0.39 is 12.1 Å². The van der Waals surface area contributed by atoms with E-state index in [1.807, 2.05) is 6.92 Å². The summed E-state index contributed by atoms with van der Waals surface area (Å²) in [6.45, 7) is 1.81. The van der Waals surface area contributed by atoms with Crippen LogP contribution in [0.1, 0.15) is 29.6 Å². The van der Waals surface area contributed by atoms with Gasteiger partial charge in [-0.3, -0.25) is 4.79 Å². The zero-order valence-electron chi connectivity index (χ0n) is 11.0. The van der Waals surface area contributed by atoms with E-state index >= 15 is 0 Å². The zero-order chi connectivity index (χ0) is 15.5. The molecule has 2 aromatic rings. The normalized spacial score (nSPS) is 12.0. The third-order valence-corrected chi connectivity index (χ3v) is 2.67. The number of allylic oxidation sites excluding steroid dienone is 2. The van der Waals surface area contributed by atoms with Crippen LogP contribution in [0, 0.1) is 0 Å². The zero-order valence-corrected chi connectivity index (χ0v) is 11.0. The highest BCUT2D eigenvalue weighted by Gasteiger charge is 2.38. The molecule has 0 aliphatic heterocycles. The van der Waals surface area contributed by atoms with E-state index in [0.29, 0.717) is 11.1 Å². The van der Waals surface area contributed by atoms with Crippen molar-refractivity contribution in [3.05, 3.63) is 47.9 Å². The second kappa shape index (κ2) is 5.90.